The van der Waals surface area contributed by atoms with Crippen LogP contribution in [-0.2, 0) is 0 Å². The Labute approximate surface area is 292 Å². The van der Waals surface area contributed by atoms with E-state index in [1.165, 1.54) is 45.3 Å². The van der Waals surface area contributed by atoms with Crippen molar-refractivity contribution >= 4 is 79.2 Å². The van der Waals surface area contributed by atoms with E-state index >= 15 is 26.3 Å². The lowest BCUT2D eigenvalue weighted by Crippen LogP contribution is -2.49. The van der Waals surface area contributed by atoms with Crippen molar-refractivity contribution in [3.05, 3.63) is 90.3 Å². The number of hydrogen-bond donors (Lipinski definition) is 0. The summed E-state index contributed by atoms with van der Waals surface area (Å²) >= 11 is 8.51. The molecule has 6 aromatic heterocycles. The second kappa shape index (κ2) is 11.3. The van der Waals surface area contributed by atoms with Crippen LogP contribution in [0.15, 0.2) is 48.5 Å². The van der Waals surface area contributed by atoms with Gasteiger partial charge < -0.3 is 0 Å². The molecule has 0 atom stereocenters. The molecule has 1 aliphatic rings. The first-order valence-corrected chi connectivity index (χ1v) is 19.4. The largest absolute Gasteiger partial charge is 0.380 e. The first kappa shape index (κ1) is 33.0. The summed E-state index contributed by atoms with van der Waals surface area (Å²) in [6, 6.07) is 15.6. The molecular weight excluding hydrogens is 727 g/mol. The maximum absolute atomic E-state index is 16.0. The average molecular weight is 753 g/mol. The zero-order valence-electron chi connectivity index (χ0n) is 25.8. The van der Waals surface area contributed by atoms with Gasteiger partial charge in [-0.05, 0) is 101 Å². The highest BCUT2D eigenvalue weighted by Gasteiger charge is 2.80. The Hall–Kier alpha value is -2.48. The van der Waals surface area contributed by atoms with Crippen molar-refractivity contribution in [3.8, 4) is 39.0 Å². The zero-order valence-corrected chi connectivity index (χ0v) is 30.7. The van der Waals surface area contributed by atoms with Gasteiger partial charge in [0.1, 0.15) is 0 Å². The molecule has 0 spiro atoms. The predicted octanol–water partition coefficient (Wildman–Crippen LogP) is 14.4. The third kappa shape index (κ3) is 4.92. The van der Waals surface area contributed by atoms with E-state index in [1.54, 1.807) is 50.4 Å². The van der Waals surface area contributed by atoms with Gasteiger partial charge in [-0.15, -0.1) is 68.0 Å². The molecule has 0 unspecified atom stereocenters. The Kier molecular flexibility index (Phi) is 7.93. The van der Waals surface area contributed by atoms with Gasteiger partial charge in [-0.1, -0.05) is 0 Å². The molecule has 1 aliphatic carbocycles. The Bertz CT molecular complexity index is 2060. The predicted molar refractivity (Wildman–Crippen MR) is 192 cm³/mol. The molecule has 0 N–H and O–H groups in total. The lowest BCUT2D eigenvalue weighted by atomic mass is 9.90. The fourth-order valence-electron chi connectivity index (χ4n) is 6.22. The van der Waals surface area contributed by atoms with Gasteiger partial charge >= 0.3 is 17.8 Å². The van der Waals surface area contributed by atoms with Crippen LogP contribution < -0.4 is 0 Å². The van der Waals surface area contributed by atoms with Crippen LogP contribution in [0.4, 0.5) is 26.3 Å². The Morgan fingerprint density at radius 1 is 0.404 bits per heavy atom. The van der Waals surface area contributed by atoms with Crippen LogP contribution in [0.5, 0.6) is 0 Å². The van der Waals surface area contributed by atoms with E-state index in [1.807, 2.05) is 62.4 Å². The molecule has 0 amide bonds. The van der Waals surface area contributed by atoms with Crippen molar-refractivity contribution in [1.29, 1.82) is 0 Å². The van der Waals surface area contributed by atoms with E-state index in [-0.39, 0.29) is 11.1 Å². The van der Waals surface area contributed by atoms with E-state index in [4.69, 9.17) is 0 Å². The van der Waals surface area contributed by atoms with Gasteiger partial charge in [0.2, 0.25) is 0 Å². The molecule has 0 fully saturated rings. The third-order valence-electron chi connectivity index (χ3n) is 8.44. The van der Waals surface area contributed by atoms with Gasteiger partial charge in [0.25, 0.3) is 0 Å². The van der Waals surface area contributed by atoms with Crippen molar-refractivity contribution in [2.45, 2.75) is 59.3 Å². The highest BCUT2D eigenvalue weighted by atomic mass is 32.1. The molecule has 0 radical (unpaired) electrons. The fourth-order valence-corrected chi connectivity index (χ4v) is 12.8. The lowest BCUT2D eigenvalue weighted by molar-refractivity contribution is -0.254. The second-order valence-electron chi connectivity index (χ2n) is 11.6. The van der Waals surface area contributed by atoms with Crippen LogP contribution in [-0.4, -0.2) is 17.8 Å². The van der Waals surface area contributed by atoms with Gasteiger partial charge in [-0.2, -0.15) is 26.3 Å². The number of hydrogen-bond acceptors (Lipinski definition) is 6. The summed E-state index contributed by atoms with van der Waals surface area (Å²) in [5.41, 5.74) is -2.39. The fraction of sp³-hybridized carbons (Fsp3) is 0.257. The standard InChI is InChI=1S/C35H26F6S6/c1-15-7-9-21(42-15)23-11-13-25(46-23)31-17(3)27(19(5)44-31)29-30(34(38,39)35(40,41)33(29,36)37)28-18(4)32(45-20(28)6)26-14-12-24(47-26)22-10-8-16(2)43-22/h7-14H,1-6H3. The minimum atomic E-state index is -5.62. The van der Waals surface area contributed by atoms with Crippen molar-refractivity contribution in [1.82, 2.24) is 0 Å². The highest BCUT2D eigenvalue weighted by Crippen LogP contribution is 2.67. The molecule has 0 nitrogen and oxygen atoms in total. The molecule has 0 aromatic carbocycles. The van der Waals surface area contributed by atoms with E-state index in [0.717, 1.165) is 39.0 Å². The summed E-state index contributed by atoms with van der Waals surface area (Å²) < 4.78 is 94.9. The molecule has 47 heavy (non-hydrogen) atoms. The van der Waals surface area contributed by atoms with Crippen molar-refractivity contribution in [3.63, 3.8) is 0 Å². The Morgan fingerprint density at radius 3 is 1.06 bits per heavy atom. The van der Waals surface area contributed by atoms with Crippen molar-refractivity contribution < 1.29 is 26.3 Å². The summed E-state index contributed by atoms with van der Waals surface area (Å²) in [5, 5.41) is 0. The summed E-state index contributed by atoms with van der Waals surface area (Å²) in [6.45, 7) is 10.2. The highest BCUT2D eigenvalue weighted by molar-refractivity contribution is 7.27. The lowest BCUT2D eigenvalue weighted by Gasteiger charge is -2.26. The van der Waals surface area contributed by atoms with Gasteiger partial charge in [0, 0.05) is 80.8 Å². The number of aryl methyl sites for hydroxylation is 4. The summed E-state index contributed by atoms with van der Waals surface area (Å²) in [7, 11) is 0. The molecular formula is C35H26F6S6. The molecule has 6 heterocycles. The SMILES string of the molecule is Cc1ccc(-c2ccc(-c3sc(C)c(C4=C(c5c(C)sc(-c6ccc(-c7ccc(C)s7)s6)c5C)C(F)(F)C(F)(F)C4(F)F)c3C)s2)s1. The van der Waals surface area contributed by atoms with Crippen LogP contribution >= 0.6 is 68.0 Å². The van der Waals surface area contributed by atoms with Crippen LogP contribution in [0, 0.1) is 41.5 Å². The normalized spacial score (nSPS) is 16.9. The number of allylic oxidation sites excluding steroid dienone is 2. The van der Waals surface area contributed by atoms with Crippen LogP contribution in [0.25, 0.3) is 50.2 Å². The maximum atomic E-state index is 16.0. The van der Waals surface area contributed by atoms with Crippen molar-refractivity contribution in [2.75, 3.05) is 0 Å². The van der Waals surface area contributed by atoms with Crippen molar-refractivity contribution in [2.24, 2.45) is 0 Å². The average Bonchev–Trinajstić information content (AvgIpc) is 3.84. The quantitative estimate of drug-likeness (QED) is 0.149. The molecule has 12 heteroatoms. The van der Waals surface area contributed by atoms with Gasteiger partial charge in [0.15, 0.2) is 0 Å². The minimum Gasteiger partial charge on any atom is -0.194 e. The molecule has 0 saturated carbocycles. The topological polar surface area (TPSA) is 0 Å². The number of rotatable bonds is 6. The first-order valence-electron chi connectivity index (χ1n) is 14.5. The van der Waals surface area contributed by atoms with Gasteiger partial charge in [0.05, 0.1) is 0 Å². The van der Waals surface area contributed by atoms with Crippen LogP contribution in [0.1, 0.15) is 41.8 Å². The first-order chi connectivity index (χ1) is 22.0. The maximum Gasteiger partial charge on any atom is 0.380 e. The number of alkyl halides is 6. The number of halogens is 6. The Morgan fingerprint density at radius 2 is 0.723 bits per heavy atom. The molecule has 244 valence electrons. The van der Waals surface area contributed by atoms with Crippen LogP contribution in [0.3, 0.4) is 0 Å². The number of thiophene rings is 6. The summed E-state index contributed by atoms with van der Waals surface area (Å²) in [4.78, 5) is 9.70. The smallest absolute Gasteiger partial charge is 0.194 e. The van der Waals surface area contributed by atoms with Crippen LogP contribution in [0.2, 0.25) is 0 Å². The monoisotopic (exact) mass is 752 g/mol. The summed E-state index contributed by atoms with van der Waals surface area (Å²) in [6.07, 6.45) is 0. The van der Waals surface area contributed by atoms with E-state index < -0.39 is 28.9 Å². The van der Waals surface area contributed by atoms with E-state index in [9.17, 15) is 0 Å². The molecule has 7 rings (SSSR count). The third-order valence-corrected chi connectivity index (χ3v) is 15.8. The molecule has 0 aliphatic heterocycles. The minimum absolute atomic E-state index is 0.221. The van der Waals surface area contributed by atoms with E-state index in [2.05, 4.69) is 0 Å². The molecule has 0 bridgehead atoms. The van der Waals surface area contributed by atoms with E-state index in [0.29, 0.717) is 30.6 Å². The van der Waals surface area contributed by atoms with Gasteiger partial charge in [-0.3, -0.25) is 0 Å². The zero-order chi connectivity index (χ0) is 33.8. The molecule has 0 saturated heterocycles. The summed E-state index contributed by atoms with van der Waals surface area (Å²) in [5.74, 6) is -15.8. The Balaban J connectivity index is 1.41. The molecule has 6 aromatic rings. The van der Waals surface area contributed by atoms with Gasteiger partial charge in [-0.25, -0.2) is 0 Å². The second-order valence-corrected chi connectivity index (χ2v) is 18.8.